The standard InChI is InChI=1S/C19H30N2O3S/c1-14-6-5-10-21(11-8-14)18(22)7-9-20-25(23,24)19-16(3)12-15(2)13-17(19)4/h12-14,20H,5-11H2,1-4H3. The van der Waals surface area contributed by atoms with Crippen LogP contribution in [-0.2, 0) is 14.8 Å². The maximum atomic E-state index is 12.6. The van der Waals surface area contributed by atoms with Crippen LogP contribution in [-0.4, -0.2) is 38.9 Å². The second-order valence-corrected chi connectivity index (χ2v) is 9.00. The highest BCUT2D eigenvalue weighted by Gasteiger charge is 2.22. The lowest BCUT2D eigenvalue weighted by Gasteiger charge is -2.20. The van der Waals surface area contributed by atoms with E-state index in [0.717, 1.165) is 49.0 Å². The van der Waals surface area contributed by atoms with E-state index in [-0.39, 0.29) is 18.9 Å². The lowest BCUT2D eigenvalue weighted by Crippen LogP contribution is -2.35. The van der Waals surface area contributed by atoms with Crippen molar-refractivity contribution in [3.8, 4) is 0 Å². The Balaban J connectivity index is 1.95. The molecular formula is C19H30N2O3S. The number of rotatable bonds is 5. The number of likely N-dealkylation sites (tertiary alicyclic amines) is 1. The van der Waals surface area contributed by atoms with Crippen LogP contribution in [0.4, 0.5) is 0 Å². The van der Waals surface area contributed by atoms with Crippen LogP contribution >= 0.6 is 0 Å². The molecule has 0 spiro atoms. The van der Waals surface area contributed by atoms with E-state index in [2.05, 4.69) is 11.6 Å². The normalized spacial score (nSPS) is 18.9. The summed E-state index contributed by atoms with van der Waals surface area (Å²) >= 11 is 0. The van der Waals surface area contributed by atoms with Gasteiger partial charge in [-0.25, -0.2) is 13.1 Å². The maximum absolute atomic E-state index is 12.6. The topological polar surface area (TPSA) is 66.5 Å². The number of nitrogens with one attached hydrogen (secondary N) is 1. The predicted octanol–water partition coefficient (Wildman–Crippen LogP) is 2.93. The summed E-state index contributed by atoms with van der Waals surface area (Å²) in [7, 11) is -3.60. The minimum atomic E-state index is -3.60. The SMILES string of the molecule is Cc1cc(C)c(S(=O)(=O)NCCC(=O)N2CCCC(C)CC2)c(C)c1. The lowest BCUT2D eigenvalue weighted by atomic mass is 10.0. The van der Waals surface area contributed by atoms with Crippen LogP contribution in [0.25, 0.3) is 0 Å². The molecule has 0 radical (unpaired) electrons. The van der Waals surface area contributed by atoms with Crippen LogP contribution in [0.1, 0.15) is 49.3 Å². The van der Waals surface area contributed by atoms with Gasteiger partial charge in [-0.2, -0.15) is 0 Å². The van der Waals surface area contributed by atoms with Gasteiger partial charge >= 0.3 is 0 Å². The highest BCUT2D eigenvalue weighted by atomic mass is 32.2. The van der Waals surface area contributed by atoms with Gasteiger partial charge in [0.25, 0.3) is 0 Å². The fourth-order valence-corrected chi connectivity index (χ4v) is 5.11. The zero-order valence-electron chi connectivity index (χ0n) is 15.8. The first-order chi connectivity index (χ1) is 11.7. The number of benzene rings is 1. The molecule has 0 aromatic heterocycles. The van der Waals surface area contributed by atoms with Crippen molar-refractivity contribution >= 4 is 15.9 Å². The van der Waals surface area contributed by atoms with Gasteiger partial charge in [0, 0.05) is 26.1 Å². The third-order valence-corrected chi connectivity index (χ3v) is 6.64. The van der Waals surface area contributed by atoms with Crippen molar-refractivity contribution in [2.45, 2.75) is 58.3 Å². The summed E-state index contributed by atoms with van der Waals surface area (Å²) in [6.45, 7) is 9.48. The molecule has 140 valence electrons. The van der Waals surface area contributed by atoms with Crippen molar-refractivity contribution in [3.05, 3.63) is 28.8 Å². The number of aryl methyl sites for hydroxylation is 3. The Hall–Kier alpha value is -1.40. The molecule has 0 saturated carbocycles. The van der Waals surface area contributed by atoms with E-state index in [1.807, 2.05) is 24.0 Å². The van der Waals surface area contributed by atoms with E-state index < -0.39 is 10.0 Å². The van der Waals surface area contributed by atoms with E-state index in [1.54, 1.807) is 13.8 Å². The first kappa shape index (κ1) is 19.9. The first-order valence-corrected chi connectivity index (χ1v) is 10.5. The molecule has 1 saturated heterocycles. The van der Waals surface area contributed by atoms with E-state index >= 15 is 0 Å². The maximum Gasteiger partial charge on any atom is 0.241 e. The zero-order valence-corrected chi connectivity index (χ0v) is 16.6. The molecule has 5 nitrogen and oxygen atoms in total. The van der Waals surface area contributed by atoms with Crippen molar-refractivity contribution in [3.63, 3.8) is 0 Å². The zero-order chi connectivity index (χ0) is 18.6. The van der Waals surface area contributed by atoms with Crippen LogP contribution in [0.15, 0.2) is 17.0 Å². The number of amides is 1. The highest BCUT2D eigenvalue weighted by molar-refractivity contribution is 7.89. The van der Waals surface area contributed by atoms with Gasteiger partial charge in [0.2, 0.25) is 15.9 Å². The summed E-state index contributed by atoms with van der Waals surface area (Å²) in [6.07, 6.45) is 3.42. The van der Waals surface area contributed by atoms with Gasteiger partial charge in [-0.15, -0.1) is 0 Å². The van der Waals surface area contributed by atoms with Crippen LogP contribution < -0.4 is 4.72 Å². The molecule has 0 aliphatic carbocycles. The number of sulfonamides is 1. The van der Waals surface area contributed by atoms with Gasteiger partial charge < -0.3 is 4.90 Å². The van der Waals surface area contributed by atoms with Gasteiger partial charge in [0.1, 0.15) is 0 Å². The Labute approximate surface area is 151 Å². The number of hydrogen-bond acceptors (Lipinski definition) is 3. The minimum absolute atomic E-state index is 0.0363. The van der Waals surface area contributed by atoms with E-state index in [4.69, 9.17) is 0 Å². The Morgan fingerprint density at radius 3 is 2.44 bits per heavy atom. The number of carbonyl (C=O) groups is 1. The average Bonchev–Trinajstić information content (AvgIpc) is 2.70. The van der Waals surface area contributed by atoms with E-state index in [9.17, 15) is 13.2 Å². The Morgan fingerprint density at radius 2 is 1.80 bits per heavy atom. The highest BCUT2D eigenvalue weighted by Crippen LogP contribution is 2.21. The summed E-state index contributed by atoms with van der Waals surface area (Å²) in [5.74, 6) is 0.693. The first-order valence-electron chi connectivity index (χ1n) is 9.06. The summed E-state index contributed by atoms with van der Waals surface area (Å²) in [5, 5.41) is 0. The molecule has 1 aromatic carbocycles. The number of nitrogens with zero attached hydrogens (tertiary/aromatic N) is 1. The van der Waals surface area contributed by atoms with Crippen LogP contribution in [0, 0.1) is 26.7 Å². The summed E-state index contributed by atoms with van der Waals surface area (Å²) < 4.78 is 27.8. The smallest absolute Gasteiger partial charge is 0.241 e. The monoisotopic (exact) mass is 366 g/mol. The molecule has 1 unspecified atom stereocenters. The number of hydrogen-bond donors (Lipinski definition) is 1. The van der Waals surface area contributed by atoms with E-state index in [0.29, 0.717) is 10.8 Å². The Morgan fingerprint density at radius 1 is 1.16 bits per heavy atom. The fraction of sp³-hybridized carbons (Fsp3) is 0.632. The lowest BCUT2D eigenvalue weighted by molar-refractivity contribution is -0.131. The van der Waals surface area contributed by atoms with Gasteiger partial charge in [-0.1, -0.05) is 24.6 Å². The molecule has 1 heterocycles. The third kappa shape index (κ3) is 5.28. The minimum Gasteiger partial charge on any atom is -0.343 e. The molecule has 1 aliphatic rings. The van der Waals surface area contributed by atoms with Gasteiger partial charge in [0.05, 0.1) is 4.90 Å². The van der Waals surface area contributed by atoms with Crippen molar-refractivity contribution < 1.29 is 13.2 Å². The Kier molecular flexibility index (Phi) is 6.63. The summed E-state index contributed by atoms with van der Waals surface area (Å²) in [5.41, 5.74) is 2.51. The van der Waals surface area contributed by atoms with Crippen LogP contribution in [0.5, 0.6) is 0 Å². The van der Waals surface area contributed by atoms with E-state index in [1.165, 1.54) is 0 Å². The molecule has 1 aliphatic heterocycles. The Bertz CT molecular complexity index is 705. The van der Waals surface area contributed by atoms with Gasteiger partial charge in [-0.3, -0.25) is 4.79 Å². The third-order valence-electron chi connectivity index (χ3n) is 4.87. The van der Waals surface area contributed by atoms with Crippen molar-refractivity contribution in [1.82, 2.24) is 9.62 Å². The molecular weight excluding hydrogens is 336 g/mol. The molecule has 2 rings (SSSR count). The van der Waals surface area contributed by atoms with Gasteiger partial charge in [-0.05, 0) is 57.1 Å². The quantitative estimate of drug-likeness (QED) is 0.871. The fourth-order valence-electron chi connectivity index (χ4n) is 3.63. The van der Waals surface area contributed by atoms with Crippen molar-refractivity contribution in [1.29, 1.82) is 0 Å². The molecule has 1 aromatic rings. The second kappa shape index (κ2) is 8.32. The molecule has 1 amide bonds. The van der Waals surface area contributed by atoms with Gasteiger partial charge in [0.15, 0.2) is 0 Å². The molecule has 0 bridgehead atoms. The van der Waals surface area contributed by atoms with Crippen LogP contribution in [0.2, 0.25) is 0 Å². The summed E-state index contributed by atoms with van der Waals surface area (Å²) in [4.78, 5) is 14.6. The molecule has 1 N–H and O–H groups in total. The molecule has 6 heteroatoms. The molecule has 1 fully saturated rings. The van der Waals surface area contributed by atoms with Crippen molar-refractivity contribution in [2.75, 3.05) is 19.6 Å². The van der Waals surface area contributed by atoms with Crippen molar-refractivity contribution in [2.24, 2.45) is 5.92 Å². The van der Waals surface area contributed by atoms with Crippen LogP contribution in [0.3, 0.4) is 0 Å². The average molecular weight is 367 g/mol. The summed E-state index contributed by atoms with van der Waals surface area (Å²) in [6, 6.07) is 3.73. The predicted molar refractivity (Wildman–Crippen MR) is 100 cm³/mol. The molecule has 25 heavy (non-hydrogen) atoms. The second-order valence-electron chi connectivity index (χ2n) is 7.29. The molecule has 1 atom stereocenters. The number of carbonyl (C=O) groups excluding carboxylic acids is 1. The largest absolute Gasteiger partial charge is 0.343 e.